The standard InChI is InChI=1S/C16H24N2S/c1-2-18(15-11-7-4-8-12-15)16(19)17-13-14-9-5-3-6-10-14/h3,5-6,9-10,15H,2,4,7-8,11-13H2,1H3,(H,17,19). The zero-order chi connectivity index (χ0) is 13.5. The van der Waals surface area contributed by atoms with Crippen molar-refractivity contribution in [1.29, 1.82) is 0 Å². The van der Waals surface area contributed by atoms with E-state index in [4.69, 9.17) is 12.2 Å². The minimum absolute atomic E-state index is 0.648. The van der Waals surface area contributed by atoms with Crippen molar-refractivity contribution in [2.24, 2.45) is 0 Å². The SMILES string of the molecule is CCN(C(=S)NCc1ccccc1)C1CCCCC1. The molecule has 3 heteroatoms. The van der Waals surface area contributed by atoms with Crippen LogP contribution in [-0.4, -0.2) is 22.6 Å². The number of hydrogen-bond donors (Lipinski definition) is 1. The molecule has 0 spiro atoms. The number of nitrogens with zero attached hydrogens (tertiary/aromatic N) is 1. The van der Waals surface area contributed by atoms with Crippen molar-refractivity contribution in [1.82, 2.24) is 10.2 Å². The van der Waals surface area contributed by atoms with Gasteiger partial charge in [-0.05, 0) is 37.5 Å². The first kappa shape index (κ1) is 14.3. The van der Waals surface area contributed by atoms with Crippen molar-refractivity contribution < 1.29 is 0 Å². The summed E-state index contributed by atoms with van der Waals surface area (Å²) in [5.74, 6) is 0. The van der Waals surface area contributed by atoms with Gasteiger partial charge in [-0.2, -0.15) is 0 Å². The summed E-state index contributed by atoms with van der Waals surface area (Å²) in [7, 11) is 0. The highest BCUT2D eigenvalue weighted by Crippen LogP contribution is 2.22. The van der Waals surface area contributed by atoms with Crippen LogP contribution in [0.15, 0.2) is 30.3 Å². The van der Waals surface area contributed by atoms with E-state index in [0.29, 0.717) is 6.04 Å². The molecule has 0 bridgehead atoms. The third-order valence-corrected chi connectivity index (χ3v) is 4.28. The van der Waals surface area contributed by atoms with Crippen LogP contribution in [0.1, 0.15) is 44.6 Å². The summed E-state index contributed by atoms with van der Waals surface area (Å²) < 4.78 is 0. The number of thiocarbonyl (C=S) groups is 1. The van der Waals surface area contributed by atoms with Crippen molar-refractivity contribution in [3.05, 3.63) is 35.9 Å². The molecule has 1 aromatic rings. The third kappa shape index (κ3) is 4.20. The quantitative estimate of drug-likeness (QED) is 0.844. The van der Waals surface area contributed by atoms with E-state index in [1.165, 1.54) is 37.7 Å². The van der Waals surface area contributed by atoms with Crippen LogP contribution >= 0.6 is 12.2 Å². The molecule has 0 radical (unpaired) electrons. The fourth-order valence-corrected chi connectivity index (χ4v) is 3.19. The van der Waals surface area contributed by atoms with Gasteiger partial charge in [-0.1, -0.05) is 49.6 Å². The second kappa shape index (κ2) is 7.49. The van der Waals surface area contributed by atoms with Gasteiger partial charge < -0.3 is 10.2 Å². The molecular weight excluding hydrogens is 252 g/mol. The second-order valence-electron chi connectivity index (χ2n) is 5.22. The summed E-state index contributed by atoms with van der Waals surface area (Å²) >= 11 is 5.57. The summed E-state index contributed by atoms with van der Waals surface area (Å²) in [5.41, 5.74) is 1.28. The Hall–Kier alpha value is -1.09. The highest BCUT2D eigenvalue weighted by molar-refractivity contribution is 7.80. The van der Waals surface area contributed by atoms with E-state index in [1.807, 2.05) is 6.07 Å². The molecule has 1 N–H and O–H groups in total. The highest BCUT2D eigenvalue weighted by atomic mass is 32.1. The van der Waals surface area contributed by atoms with Gasteiger partial charge in [-0.25, -0.2) is 0 Å². The van der Waals surface area contributed by atoms with Gasteiger partial charge in [-0.15, -0.1) is 0 Å². The topological polar surface area (TPSA) is 15.3 Å². The van der Waals surface area contributed by atoms with E-state index in [-0.39, 0.29) is 0 Å². The van der Waals surface area contributed by atoms with Gasteiger partial charge in [0.1, 0.15) is 0 Å². The molecular formula is C16H24N2S. The Morgan fingerprint density at radius 2 is 1.89 bits per heavy atom. The predicted molar refractivity (Wildman–Crippen MR) is 85.1 cm³/mol. The minimum Gasteiger partial charge on any atom is -0.358 e. The number of hydrogen-bond acceptors (Lipinski definition) is 1. The van der Waals surface area contributed by atoms with Gasteiger partial charge in [0.05, 0.1) is 0 Å². The smallest absolute Gasteiger partial charge is 0.169 e. The van der Waals surface area contributed by atoms with Crippen LogP contribution in [0.4, 0.5) is 0 Å². The Balaban J connectivity index is 1.86. The average molecular weight is 276 g/mol. The van der Waals surface area contributed by atoms with Gasteiger partial charge in [0.15, 0.2) is 5.11 Å². The van der Waals surface area contributed by atoms with Gasteiger partial charge >= 0.3 is 0 Å². The van der Waals surface area contributed by atoms with Crippen molar-refractivity contribution >= 4 is 17.3 Å². The maximum Gasteiger partial charge on any atom is 0.169 e. The van der Waals surface area contributed by atoms with E-state index in [9.17, 15) is 0 Å². The van der Waals surface area contributed by atoms with Crippen LogP contribution in [0.2, 0.25) is 0 Å². The first-order valence-electron chi connectivity index (χ1n) is 7.39. The highest BCUT2D eigenvalue weighted by Gasteiger charge is 2.21. The lowest BCUT2D eigenvalue weighted by Crippen LogP contribution is -2.46. The largest absolute Gasteiger partial charge is 0.358 e. The summed E-state index contributed by atoms with van der Waals surface area (Å²) in [5, 5.41) is 4.32. The monoisotopic (exact) mass is 276 g/mol. The molecule has 0 unspecified atom stereocenters. The zero-order valence-corrected chi connectivity index (χ0v) is 12.6. The molecule has 0 amide bonds. The number of rotatable bonds is 4. The van der Waals surface area contributed by atoms with E-state index in [2.05, 4.69) is 41.4 Å². The van der Waals surface area contributed by atoms with Crippen LogP contribution in [0.5, 0.6) is 0 Å². The fourth-order valence-electron chi connectivity index (χ4n) is 2.84. The molecule has 1 saturated carbocycles. The van der Waals surface area contributed by atoms with Crippen LogP contribution < -0.4 is 5.32 Å². The third-order valence-electron chi connectivity index (χ3n) is 3.90. The molecule has 1 aliphatic carbocycles. The maximum absolute atomic E-state index is 5.57. The molecule has 0 aromatic heterocycles. The summed E-state index contributed by atoms with van der Waals surface area (Å²) in [6.45, 7) is 4.03. The first-order chi connectivity index (χ1) is 9.31. The van der Waals surface area contributed by atoms with Crippen molar-refractivity contribution in [2.75, 3.05) is 6.54 Å². The predicted octanol–water partition coefficient (Wildman–Crippen LogP) is 3.72. The minimum atomic E-state index is 0.648. The van der Waals surface area contributed by atoms with Crippen LogP contribution in [0.3, 0.4) is 0 Å². The Bertz CT molecular complexity index is 385. The number of benzene rings is 1. The molecule has 0 heterocycles. The van der Waals surface area contributed by atoms with Crippen molar-refractivity contribution in [3.63, 3.8) is 0 Å². The molecule has 1 fully saturated rings. The average Bonchev–Trinajstić information content (AvgIpc) is 2.48. The molecule has 0 saturated heterocycles. The molecule has 0 aliphatic heterocycles. The Kier molecular flexibility index (Phi) is 5.64. The van der Waals surface area contributed by atoms with Gasteiger partial charge in [0, 0.05) is 19.1 Å². The van der Waals surface area contributed by atoms with E-state index < -0.39 is 0 Å². The van der Waals surface area contributed by atoms with Crippen molar-refractivity contribution in [2.45, 2.75) is 51.6 Å². The second-order valence-corrected chi connectivity index (χ2v) is 5.61. The van der Waals surface area contributed by atoms with Crippen LogP contribution in [0.25, 0.3) is 0 Å². The first-order valence-corrected chi connectivity index (χ1v) is 7.80. The van der Waals surface area contributed by atoms with E-state index in [1.54, 1.807) is 0 Å². The molecule has 19 heavy (non-hydrogen) atoms. The molecule has 104 valence electrons. The fraction of sp³-hybridized carbons (Fsp3) is 0.562. The van der Waals surface area contributed by atoms with Crippen LogP contribution in [-0.2, 0) is 6.54 Å². The lowest BCUT2D eigenvalue weighted by atomic mass is 9.94. The molecule has 1 aliphatic rings. The summed E-state index contributed by atoms with van der Waals surface area (Å²) in [4.78, 5) is 2.37. The Morgan fingerprint density at radius 3 is 2.53 bits per heavy atom. The van der Waals surface area contributed by atoms with E-state index in [0.717, 1.165) is 18.2 Å². The maximum atomic E-state index is 5.57. The van der Waals surface area contributed by atoms with Gasteiger partial charge in [0.2, 0.25) is 0 Å². The van der Waals surface area contributed by atoms with Crippen LogP contribution in [0, 0.1) is 0 Å². The summed E-state index contributed by atoms with van der Waals surface area (Å²) in [6, 6.07) is 11.1. The Morgan fingerprint density at radius 1 is 1.21 bits per heavy atom. The Labute approximate surface area is 122 Å². The zero-order valence-electron chi connectivity index (χ0n) is 11.8. The molecule has 0 atom stereocenters. The number of nitrogens with one attached hydrogen (secondary N) is 1. The summed E-state index contributed by atoms with van der Waals surface area (Å²) in [6.07, 6.45) is 6.67. The lowest BCUT2D eigenvalue weighted by molar-refractivity contribution is 0.249. The van der Waals surface area contributed by atoms with E-state index >= 15 is 0 Å². The van der Waals surface area contributed by atoms with Gasteiger partial charge in [-0.3, -0.25) is 0 Å². The molecule has 2 nitrogen and oxygen atoms in total. The molecule has 1 aromatic carbocycles. The van der Waals surface area contributed by atoms with Gasteiger partial charge in [0.25, 0.3) is 0 Å². The lowest BCUT2D eigenvalue weighted by Gasteiger charge is -2.35. The normalized spacial score (nSPS) is 16.1. The van der Waals surface area contributed by atoms with Crippen molar-refractivity contribution in [3.8, 4) is 0 Å². The molecule has 2 rings (SSSR count).